The van der Waals surface area contributed by atoms with Crippen molar-refractivity contribution in [1.29, 1.82) is 0 Å². The van der Waals surface area contributed by atoms with Gasteiger partial charge in [0.25, 0.3) is 0 Å². The van der Waals surface area contributed by atoms with Crippen LogP contribution in [-0.4, -0.2) is 58.0 Å². The Balaban J connectivity index is 0.00000162. The van der Waals surface area contributed by atoms with Crippen molar-refractivity contribution in [2.45, 2.75) is 30.5 Å². The zero-order valence-corrected chi connectivity index (χ0v) is 21.8. The van der Waals surface area contributed by atoms with Crippen LogP contribution in [0.15, 0.2) is 35.6 Å². The Hall–Kier alpha value is -1.69. The average Bonchev–Trinajstić information content (AvgIpc) is 3.20. The van der Waals surface area contributed by atoms with Gasteiger partial charge in [0.15, 0.2) is 22.4 Å². The molecule has 3 aromatic rings. The Morgan fingerprint density at radius 3 is 2.67 bits per heavy atom. The second-order valence-electron chi connectivity index (χ2n) is 8.23. The molecule has 0 amide bonds. The molecule has 2 aliphatic heterocycles. The Morgan fingerprint density at radius 2 is 1.91 bits per heavy atom. The van der Waals surface area contributed by atoms with Crippen LogP contribution in [-0.2, 0) is 26.0 Å². The third-order valence-corrected chi connectivity index (χ3v) is 6.41. The van der Waals surface area contributed by atoms with Gasteiger partial charge in [-0.15, -0.1) is 0 Å². The minimum atomic E-state index is -1.40. The number of aromatic nitrogens is 3. The van der Waals surface area contributed by atoms with E-state index >= 15 is 0 Å². The fourth-order valence-electron chi connectivity index (χ4n) is 3.50. The molecule has 1 saturated heterocycles. The molecular formula is C22H26N3NaO6S. The minimum Gasteiger partial charge on any atom is -1.00 e. The number of H-pyrrole nitrogens is 1. The molecule has 1 unspecified atom stereocenters. The van der Waals surface area contributed by atoms with Gasteiger partial charge in [-0.05, 0) is 19.9 Å². The number of ether oxygens (including phenoxy) is 5. The zero-order chi connectivity index (χ0) is 22.1. The fraction of sp³-hybridized carbons (Fsp3) is 0.455. The maximum Gasteiger partial charge on any atom is 1.00 e. The summed E-state index contributed by atoms with van der Waals surface area (Å²) in [7, 11) is -1.40. The monoisotopic (exact) mass is 483 g/mol. The van der Waals surface area contributed by atoms with E-state index < -0.39 is 16.6 Å². The summed E-state index contributed by atoms with van der Waals surface area (Å²) >= 11 is 0. The van der Waals surface area contributed by atoms with E-state index in [0.29, 0.717) is 66.7 Å². The molecule has 1 atom stereocenters. The smallest absolute Gasteiger partial charge is 1.00 e. The molecule has 0 spiro atoms. The van der Waals surface area contributed by atoms with Crippen molar-refractivity contribution < 1.29 is 58.9 Å². The third-order valence-electron chi connectivity index (χ3n) is 5.23. The summed E-state index contributed by atoms with van der Waals surface area (Å²) in [6, 6.07) is 7.21. The molecule has 0 saturated carbocycles. The fourth-order valence-corrected chi connectivity index (χ4v) is 4.48. The van der Waals surface area contributed by atoms with Gasteiger partial charge >= 0.3 is 29.6 Å². The SMILES string of the molecule is CC1(C)OCC(COc2ccnc(CS(=O)c3nc4cc5c(cc4[nH]3)OCCO5)c2)CO1.[H-].[Na+]. The van der Waals surface area contributed by atoms with Crippen LogP contribution in [0.5, 0.6) is 17.2 Å². The molecule has 5 rings (SSSR count). The molecule has 2 aromatic heterocycles. The van der Waals surface area contributed by atoms with Gasteiger partial charge in [0.2, 0.25) is 0 Å². The molecule has 0 radical (unpaired) electrons. The number of aromatic amines is 1. The number of nitrogens with zero attached hydrogens (tertiary/aromatic N) is 2. The molecule has 1 fully saturated rings. The van der Waals surface area contributed by atoms with Crippen molar-refractivity contribution >= 4 is 21.8 Å². The van der Waals surface area contributed by atoms with Gasteiger partial charge in [-0.3, -0.25) is 9.19 Å². The van der Waals surface area contributed by atoms with Gasteiger partial charge in [-0.2, -0.15) is 0 Å². The number of hydrogen-bond acceptors (Lipinski definition) is 8. The summed E-state index contributed by atoms with van der Waals surface area (Å²) in [6.45, 7) is 6.45. The Bertz CT molecular complexity index is 1110. The summed E-state index contributed by atoms with van der Waals surface area (Å²) in [5.41, 5.74) is 2.09. The first-order valence-corrected chi connectivity index (χ1v) is 11.8. The molecule has 1 N–H and O–H groups in total. The van der Waals surface area contributed by atoms with E-state index in [2.05, 4.69) is 15.0 Å². The number of rotatable bonds is 6. The first-order chi connectivity index (χ1) is 15.4. The van der Waals surface area contributed by atoms with E-state index in [4.69, 9.17) is 23.7 Å². The minimum absolute atomic E-state index is 0. The van der Waals surface area contributed by atoms with Crippen molar-refractivity contribution in [1.82, 2.24) is 15.0 Å². The number of benzene rings is 1. The van der Waals surface area contributed by atoms with Crippen molar-refractivity contribution in [3.63, 3.8) is 0 Å². The van der Waals surface area contributed by atoms with E-state index in [1.54, 1.807) is 24.4 Å². The molecule has 1 aromatic carbocycles. The number of imidazole rings is 1. The average molecular weight is 484 g/mol. The number of hydrogen-bond donors (Lipinski definition) is 1. The van der Waals surface area contributed by atoms with Gasteiger partial charge < -0.3 is 30.1 Å². The van der Waals surface area contributed by atoms with Crippen molar-refractivity contribution in [2.75, 3.05) is 33.0 Å². The predicted octanol–water partition coefficient (Wildman–Crippen LogP) is -0.0687. The largest absolute Gasteiger partial charge is 1.00 e. The Morgan fingerprint density at radius 1 is 1.18 bits per heavy atom. The normalized spacial score (nSPS) is 18.5. The maximum atomic E-state index is 12.9. The van der Waals surface area contributed by atoms with Crippen molar-refractivity contribution in [3.05, 3.63) is 36.2 Å². The van der Waals surface area contributed by atoms with Gasteiger partial charge in [0.05, 0.1) is 53.1 Å². The summed E-state index contributed by atoms with van der Waals surface area (Å²) in [6.07, 6.45) is 1.65. The number of fused-ring (bicyclic) bond motifs is 2. The van der Waals surface area contributed by atoms with Crippen LogP contribution in [0.3, 0.4) is 0 Å². The Labute approximate surface area is 217 Å². The van der Waals surface area contributed by atoms with Gasteiger partial charge in [-0.1, -0.05) is 0 Å². The molecule has 2 aliphatic rings. The first kappa shape index (κ1) is 24.4. The van der Waals surface area contributed by atoms with Crippen LogP contribution in [0.4, 0.5) is 0 Å². The molecule has 4 heterocycles. The quantitative estimate of drug-likeness (QED) is 0.486. The van der Waals surface area contributed by atoms with Crippen molar-refractivity contribution in [3.8, 4) is 17.2 Å². The number of pyridine rings is 1. The van der Waals surface area contributed by atoms with Crippen LogP contribution in [0.25, 0.3) is 11.0 Å². The van der Waals surface area contributed by atoms with E-state index in [1.807, 2.05) is 19.9 Å². The van der Waals surface area contributed by atoms with Gasteiger partial charge in [-0.25, -0.2) is 4.98 Å². The summed E-state index contributed by atoms with van der Waals surface area (Å²) < 4.78 is 41.3. The van der Waals surface area contributed by atoms with Gasteiger partial charge in [0, 0.05) is 30.3 Å². The second-order valence-corrected chi connectivity index (χ2v) is 9.59. The third kappa shape index (κ3) is 5.87. The summed E-state index contributed by atoms with van der Waals surface area (Å²) in [5, 5.41) is 0.384. The van der Waals surface area contributed by atoms with E-state index in [0.717, 1.165) is 5.52 Å². The molecule has 172 valence electrons. The second kappa shape index (κ2) is 10.3. The van der Waals surface area contributed by atoms with Gasteiger partial charge in [0.1, 0.15) is 19.0 Å². The van der Waals surface area contributed by atoms with Crippen LogP contribution >= 0.6 is 0 Å². The molecule has 33 heavy (non-hydrogen) atoms. The van der Waals surface area contributed by atoms with Crippen molar-refractivity contribution in [2.24, 2.45) is 5.92 Å². The topological polar surface area (TPSA) is 105 Å². The first-order valence-electron chi connectivity index (χ1n) is 10.5. The predicted molar refractivity (Wildman–Crippen MR) is 118 cm³/mol. The summed E-state index contributed by atoms with van der Waals surface area (Å²) in [5.74, 6) is 1.81. The zero-order valence-electron chi connectivity index (χ0n) is 20.0. The van der Waals surface area contributed by atoms with E-state index in [1.165, 1.54) is 0 Å². The summed E-state index contributed by atoms with van der Waals surface area (Å²) in [4.78, 5) is 11.9. The molecular weight excluding hydrogens is 457 g/mol. The van der Waals surface area contributed by atoms with Crippen LogP contribution in [0.1, 0.15) is 21.0 Å². The molecule has 0 bridgehead atoms. The Kier molecular flexibility index (Phi) is 7.62. The van der Waals surface area contributed by atoms with Crippen LogP contribution < -0.4 is 43.8 Å². The van der Waals surface area contributed by atoms with Crippen LogP contribution in [0.2, 0.25) is 0 Å². The maximum absolute atomic E-state index is 12.9. The number of nitrogens with one attached hydrogen (secondary N) is 1. The molecule has 0 aliphatic carbocycles. The van der Waals surface area contributed by atoms with E-state index in [9.17, 15) is 4.21 Å². The van der Waals surface area contributed by atoms with E-state index in [-0.39, 0.29) is 42.7 Å². The molecule has 11 heteroatoms. The van der Waals surface area contributed by atoms with Crippen LogP contribution in [0, 0.1) is 5.92 Å². The molecule has 9 nitrogen and oxygen atoms in total. The standard InChI is InChI=1S/C22H25N3O6S.Na.H/c1-22(2)30-11-14(12-31-22)10-29-16-3-4-23-15(7-16)13-32(26)21-24-17-8-19-20(9-18(17)25-21)28-6-5-27-19;;/h3-4,7-9,14H,5-6,10-13H2,1-2H3,(H,24,25);;/q;+1;-1.